The summed E-state index contributed by atoms with van der Waals surface area (Å²) in [5.41, 5.74) is 12.7. The molecule has 0 aliphatic carbocycles. The smallest absolute Gasteiger partial charge is 0.216 e. The number of aryl methyl sites for hydroxylation is 6. The predicted molar refractivity (Wildman–Crippen MR) is 177 cm³/mol. The van der Waals surface area contributed by atoms with Crippen LogP contribution in [0.5, 0.6) is 0 Å². The van der Waals surface area contributed by atoms with E-state index in [1.54, 1.807) is 0 Å². The molecule has 3 heteroatoms. The highest BCUT2D eigenvalue weighted by Gasteiger charge is 2.40. The first kappa shape index (κ1) is 31.4. The fraction of sp³-hybridized carbons (Fsp3) is 0.500. The van der Waals surface area contributed by atoms with Crippen LogP contribution in [0.25, 0.3) is 0 Å². The summed E-state index contributed by atoms with van der Waals surface area (Å²) in [7, 11) is -1.85. The lowest BCUT2D eigenvalue weighted by Gasteiger charge is -2.39. The lowest BCUT2D eigenvalue weighted by Crippen LogP contribution is -2.53. The summed E-state index contributed by atoms with van der Waals surface area (Å²) in [5, 5.41) is 0. The van der Waals surface area contributed by atoms with Gasteiger partial charge in [-0.2, -0.15) is 0 Å². The molecule has 0 saturated carbocycles. The zero-order chi connectivity index (χ0) is 28.7. The quantitative estimate of drug-likeness (QED) is 0.155. The molecule has 3 aromatic rings. The maximum Gasteiger partial charge on any atom is 0.216 e. The van der Waals surface area contributed by atoms with E-state index in [4.69, 9.17) is 4.43 Å². The Labute approximate surface area is 242 Å². The topological polar surface area (TPSA) is 9.23 Å². The van der Waals surface area contributed by atoms with Crippen LogP contribution in [0.2, 0.25) is 25.5 Å². The van der Waals surface area contributed by atoms with Crippen LogP contribution in [-0.2, 0) is 4.43 Å². The molecule has 0 fully saturated rings. The summed E-state index contributed by atoms with van der Waals surface area (Å²) in [6, 6.07) is 20.7. The van der Waals surface area contributed by atoms with Crippen LogP contribution in [0.15, 0.2) is 54.6 Å². The highest BCUT2D eigenvalue weighted by molar-refractivity contribution is 6.87. The molecule has 210 valence electrons. The van der Waals surface area contributed by atoms with Gasteiger partial charge in [-0.1, -0.05) is 144 Å². The Bertz CT molecular complexity index is 1110. The van der Waals surface area contributed by atoms with Crippen molar-refractivity contribution < 1.29 is 4.43 Å². The Hall–Kier alpha value is -2.10. The molecule has 0 aliphatic rings. The number of unbranched alkanes of at least 4 members (excludes halogenated alkanes) is 4. The molecule has 0 heterocycles. The zero-order valence-corrected chi connectivity index (χ0v) is 27.6. The third-order valence-electron chi connectivity index (χ3n) is 8.16. The third kappa shape index (κ3) is 8.44. The molecule has 2 atom stereocenters. The van der Waals surface area contributed by atoms with Crippen LogP contribution in [0.4, 0.5) is 0 Å². The molecule has 0 spiro atoms. The average molecular weight is 541 g/mol. The summed E-state index contributed by atoms with van der Waals surface area (Å²) < 4.78 is 7.23. The first-order valence-corrected chi connectivity index (χ1v) is 18.7. The Balaban J connectivity index is 2.31. The molecule has 1 nitrogen and oxygen atoms in total. The average Bonchev–Trinajstić information content (AvgIpc) is 2.83. The minimum Gasteiger partial charge on any atom is -0.411 e. The van der Waals surface area contributed by atoms with Gasteiger partial charge in [-0.25, -0.2) is 0 Å². The van der Waals surface area contributed by atoms with Crippen molar-refractivity contribution in [2.75, 3.05) is 0 Å². The minimum atomic E-state index is -1.85. The summed E-state index contributed by atoms with van der Waals surface area (Å²) in [6.07, 6.45) is 7.70. The summed E-state index contributed by atoms with van der Waals surface area (Å²) in [4.78, 5) is 0. The van der Waals surface area contributed by atoms with E-state index in [1.165, 1.54) is 82.0 Å². The van der Waals surface area contributed by atoms with Gasteiger partial charge in [0, 0.05) is 0 Å². The normalized spacial score (nSPS) is 13.4. The van der Waals surface area contributed by atoms with Gasteiger partial charge >= 0.3 is 0 Å². The maximum atomic E-state index is 7.23. The standard InChI is InChI=1S/C36H53BOSi/c1-11-12-13-14-18-21-33(36(38-39(8,9)10)32-19-16-15-17-20-32)37(34-28(4)22-26(2)23-29(34)5)35-30(6)24-27(3)25-31(35)7/h15-17,19-20,22-25,33,36H,11-14,18,21H2,1-10H3/t33-,36-/m1/s1. The van der Waals surface area contributed by atoms with Crippen LogP contribution >= 0.6 is 0 Å². The minimum absolute atomic E-state index is 0.0641. The molecule has 0 N–H and O–H groups in total. The first-order valence-electron chi connectivity index (χ1n) is 15.3. The molecular formula is C36H53BOSi. The number of rotatable bonds is 13. The summed E-state index contributed by atoms with van der Waals surface area (Å²) in [5.74, 6) is 0.348. The molecule has 0 amide bonds. The van der Waals surface area contributed by atoms with Crippen LogP contribution in [0, 0.1) is 41.5 Å². The van der Waals surface area contributed by atoms with Gasteiger partial charge in [-0.05, 0) is 72.6 Å². The Morgan fingerprint density at radius 2 is 1.13 bits per heavy atom. The fourth-order valence-corrected chi connectivity index (χ4v) is 7.91. The Morgan fingerprint density at radius 1 is 0.667 bits per heavy atom. The van der Waals surface area contributed by atoms with E-state index < -0.39 is 8.32 Å². The molecule has 0 radical (unpaired) electrons. The number of hydrogen-bond donors (Lipinski definition) is 0. The van der Waals surface area contributed by atoms with Gasteiger partial charge in [0.25, 0.3) is 0 Å². The molecule has 0 aromatic heterocycles. The summed E-state index contributed by atoms with van der Waals surface area (Å²) >= 11 is 0. The van der Waals surface area contributed by atoms with Crippen LogP contribution in [0.1, 0.15) is 90.5 Å². The molecular weight excluding hydrogens is 487 g/mol. The highest BCUT2D eigenvalue weighted by atomic mass is 28.4. The molecule has 0 saturated heterocycles. The molecule has 39 heavy (non-hydrogen) atoms. The zero-order valence-electron chi connectivity index (χ0n) is 26.6. The first-order chi connectivity index (χ1) is 18.4. The van der Waals surface area contributed by atoms with E-state index >= 15 is 0 Å². The maximum absolute atomic E-state index is 7.23. The van der Waals surface area contributed by atoms with Gasteiger partial charge in [0.05, 0.1) is 6.10 Å². The predicted octanol–water partition coefficient (Wildman–Crippen LogP) is 9.47. The molecule has 3 rings (SSSR count). The molecule has 0 unspecified atom stereocenters. The monoisotopic (exact) mass is 540 g/mol. The van der Waals surface area contributed by atoms with E-state index in [-0.39, 0.29) is 12.8 Å². The van der Waals surface area contributed by atoms with Crippen LogP contribution in [0.3, 0.4) is 0 Å². The van der Waals surface area contributed by atoms with Crippen LogP contribution in [-0.4, -0.2) is 15.0 Å². The lowest BCUT2D eigenvalue weighted by atomic mass is 9.29. The van der Waals surface area contributed by atoms with Gasteiger partial charge < -0.3 is 4.43 Å². The van der Waals surface area contributed by atoms with E-state index in [0.717, 1.165) is 6.42 Å². The van der Waals surface area contributed by atoms with Crippen molar-refractivity contribution >= 4 is 26.0 Å². The van der Waals surface area contributed by atoms with Crippen molar-refractivity contribution in [2.45, 2.75) is 119 Å². The molecule has 0 bridgehead atoms. The van der Waals surface area contributed by atoms with Gasteiger partial charge in [0.1, 0.15) is 0 Å². The summed E-state index contributed by atoms with van der Waals surface area (Å²) in [6.45, 7) is 23.4. The largest absolute Gasteiger partial charge is 0.411 e. The van der Waals surface area contributed by atoms with Gasteiger partial charge in [-0.3, -0.25) is 0 Å². The number of hydrogen-bond acceptors (Lipinski definition) is 1. The lowest BCUT2D eigenvalue weighted by molar-refractivity contribution is 0.182. The van der Waals surface area contributed by atoms with Crippen molar-refractivity contribution in [3.8, 4) is 0 Å². The van der Waals surface area contributed by atoms with Gasteiger partial charge in [0.15, 0.2) is 8.32 Å². The van der Waals surface area contributed by atoms with Crippen molar-refractivity contribution in [2.24, 2.45) is 0 Å². The van der Waals surface area contributed by atoms with E-state index in [9.17, 15) is 0 Å². The number of benzene rings is 3. The second-order valence-corrected chi connectivity index (χ2v) is 17.5. The van der Waals surface area contributed by atoms with E-state index in [2.05, 4.69) is 123 Å². The SMILES string of the molecule is CCCCCCC[C@@H](B(c1c(C)cc(C)cc1C)c1c(C)cc(C)cc1C)[C@H](O[Si](C)(C)C)c1ccccc1. The van der Waals surface area contributed by atoms with Gasteiger partial charge in [0.2, 0.25) is 6.71 Å². The van der Waals surface area contributed by atoms with Crippen molar-refractivity contribution in [1.29, 1.82) is 0 Å². The second kappa shape index (κ2) is 14.0. The van der Waals surface area contributed by atoms with Gasteiger partial charge in [-0.15, -0.1) is 0 Å². The molecule has 0 aliphatic heterocycles. The third-order valence-corrected chi connectivity index (χ3v) is 9.13. The van der Waals surface area contributed by atoms with Crippen molar-refractivity contribution in [3.05, 3.63) is 93.5 Å². The van der Waals surface area contributed by atoms with E-state index in [0.29, 0.717) is 5.82 Å². The fourth-order valence-electron chi connectivity index (χ4n) is 6.84. The van der Waals surface area contributed by atoms with Crippen molar-refractivity contribution in [3.63, 3.8) is 0 Å². The Morgan fingerprint density at radius 3 is 1.56 bits per heavy atom. The second-order valence-electron chi connectivity index (χ2n) is 13.0. The molecule has 3 aromatic carbocycles. The van der Waals surface area contributed by atoms with E-state index in [1.807, 2.05) is 0 Å². The van der Waals surface area contributed by atoms with Crippen molar-refractivity contribution in [1.82, 2.24) is 0 Å². The highest BCUT2D eigenvalue weighted by Crippen LogP contribution is 2.40. The van der Waals surface area contributed by atoms with Crippen LogP contribution < -0.4 is 10.9 Å². The Kier molecular flexibility index (Phi) is 11.3.